The highest BCUT2D eigenvalue weighted by Gasteiger charge is 2.58. The molecule has 2 heterocycles. The van der Waals surface area contributed by atoms with Crippen LogP contribution in [0, 0.1) is 17.6 Å². The second-order valence-electron chi connectivity index (χ2n) is 10.2. The molecular formula is C24H26F5N5O6. The monoisotopic (exact) mass is 575 g/mol. The van der Waals surface area contributed by atoms with E-state index in [0.717, 1.165) is 35.6 Å². The van der Waals surface area contributed by atoms with Crippen LogP contribution in [0.5, 0.6) is 5.75 Å². The number of alkyl halides is 3. The van der Waals surface area contributed by atoms with Gasteiger partial charge in [-0.2, -0.15) is 13.2 Å². The second-order valence-corrected chi connectivity index (χ2v) is 10.2. The van der Waals surface area contributed by atoms with Crippen LogP contribution in [0.4, 0.5) is 27.6 Å². The summed E-state index contributed by atoms with van der Waals surface area (Å²) in [5.41, 5.74) is 3.14. The molecule has 0 radical (unpaired) electrons. The number of carbonyl (C=O) groups is 5. The Morgan fingerprint density at radius 2 is 1.90 bits per heavy atom. The zero-order chi connectivity index (χ0) is 29.7. The van der Waals surface area contributed by atoms with Gasteiger partial charge in [0.05, 0.1) is 6.54 Å². The molecule has 1 aromatic carbocycles. The molecule has 1 spiro atoms. The van der Waals surface area contributed by atoms with Crippen molar-refractivity contribution in [1.29, 1.82) is 0 Å². The number of hydrogen-bond donors (Lipinski definition) is 3. The molecule has 0 aromatic heterocycles. The molecular weight excluding hydrogens is 549 g/mol. The Bertz CT molecular complexity index is 1270. The summed E-state index contributed by atoms with van der Waals surface area (Å²) in [4.78, 5) is 65.3. The fraction of sp³-hybridized carbons (Fsp3) is 0.542. The highest BCUT2D eigenvalue weighted by Crippen LogP contribution is 2.43. The summed E-state index contributed by atoms with van der Waals surface area (Å²) in [6.45, 7) is 0.445. The standard InChI is InChI=1S/C24H26F5N5O6/c1-10(31-22(39)24(27,28)29)19(36)33(2)14(5-11-3-4-11)20(37)34-9-23(8-15(34)18(30)35)21(38)32-17-13(26)6-12(25)7-16(17)40-23/h6-7,10-11,14-15H,3-5,8-9H2,1-2H3,(H2,30,35)(H,31,39)(H,32,38)/t10-,14-,15-,23+/m0/s1. The van der Waals surface area contributed by atoms with Gasteiger partial charge in [-0.3, -0.25) is 24.0 Å². The maximum absolute atomic E-state index is 14.2. The molecule has 4 N–H and O–H groups in total. The Morgan fingerprint density at radius 3 is 2.48 bits per heavy atom. The van der Waals surface area contributed by atoms with Crippen molar-refractivity contribution < 1.29 is 50.7 Å². The third kappa shape index (κ3) is 5.51. The number of likely N-dealkylation sites (tertiary alicyclic amines) is 1. The third-order valence-electron chi connectivity index (χ3n) is 7.24. The van der Waals surface area contributed by atoms with Crippen molar-refractivity contribution in [1.82, 2.24) is 15.1 Å². The first kappa shape index (κ1) is 29.0. The van der Waals surface area contributed by atoms with E-state index in [1.807, 2.05) is 0 Å². The van der Waals surface area contributed by atoms with E-state index in [1.54, 1.807) is 5.32 Å². The number of fused-ring (bicyclic) bond motifs is 1. The minimum atomic E-state index is -5.24. The smallest absolute Gasteiger partial charge is 0.471 e. The summed E-state index contributed by atoms with van der Waals surface area (Å²) in [7, 11) is 1.17. The zero-order valence-corrected chi connectivity index (χ0v) is 21.3. The Hall–Kier alpha value is -3.98. The van der Waals surface area contributed by atoms with Crippen LogP contribution < -0.4 is 21.1 Å². The molecule has 1 aliphatic carbocycles. The van der Waals surface area contributed by atoms with Crippen LogP contribution in [0.3, 0.4) is 0 Å². The Balaban J connectivity index is 1.60. The molecule has 40 heavy (non-hydrogen) atoms. The predicted octanol–water partition coefficient (Wildman–Crippen LogP) is 0.815. The Kier molecular flexibility index (Phi) is 7.40. The van der Waals surface area contributed by atoms with E-state index < -0.39 is 89.7 Å². The molecule has 2 aliphatic heterocycles. The van der Waals surface area contributed by atoms with Crippen LogP contribution in [-0.2, 0) is 24.0 Å². The molecule has 3 aliphatic rings. The summed E-state index contributed by atoms with van der Waals surface area (Å²) in [6.07, 6.45) is -4.19. The maximum Gasteiger partial charge on any atom is 0.471 e. The van der Waals surface area contributed by atoms with E-state index in [-0.39, 0.29) is 18.1 Å². The summed E-state index contributed by atoms with van der Waals surface area (Å²) in [6, 6.07) is -3.02. The van der Waals surface area contributed by atoms with Crippen molar-refractivity contribution in [3.05, 3.63) is 23.8 Å². The minimum absolute atomic E-state index is 0.0000738. The van der Waals surface area contributed by atoms with Gasteiger partial charge >= 0.3 is 12.1 Å². The van der Waals surface area contributed by atoms with Crippen LogP contribution in [0.2, 0.25) is 0 Å². The van der Waals surface area contributed by atoms with E-state index in [4.69, 9.17) is 10.5 Å². The Morgan fingerprint density at radius 1 is 1.25 bits per heavy atom. The molecule has 2 fully saturated rings. The molecule has 1 saturated carbocycles. The number of rotatable bonds is 7. The fourth-order valence-electron chi connectivity index (χ4n) is 4.92. The first-order chi connectivity index (χ1) is 18.5. The van der Waals surface area contributed by atoms with E-state index in [2.05, 4.69) is 5.32 Å². The lowest BCUT2D eigenvalue weighted by Crippen LogP contribution is -2.58. The number of carbonyl (C=O) groups excluding carboxylic acids is 5. The average Bonchev–Trinajstić information content (AvgIpc) is 3.60. The van der Waals surface area contributed by atoms with Gasteiger partial charge in [-0.1, -0.05) is 12.8 Å². The number of ether oxygens (including phenoxy) is 1. The van der Waals surface area contributed by atoms with Crippen LogP contribution in [-0.4, -0.2) is 82.8 Å². The summed E-state index contributed by atoms with van der Waals surface area (Å²) in [5.74, 6) is -8.61. The lowest BCUT2D eigenvalue weighted by atomic mass is 9.96. The molecule has 5 amide bonds. The number of primary amides is 1. The topological polar surface area (TPSA) is 151 Å². The van der Waals surface area contributed by atoms with Crippen molar-refractivity contribution in [2.45, 2.75) is 62.5 Å². The fourth-order valence-corrected chi connectivity index (χ4v) is 4.92. The Labute approximate surface area is 224 Å². The van der Waals surface area contributed by atoms with Crippen LogP contribution >= 0.6 is 0 Å². The van der Waals surface area contributed by atoms with Crippen molar-refractivity contribution in [2.24, 2.45) is 11.7 Å². The van der Waals surface area contributed by atoms with E-state index in [1.165, 1.54) is 7.05 Å². The highest BCUT2D eigenvalue weighted by molar-refractivity contribution is 6.03. The lowest BCUT2D eigenvalue weighted by molar-refractivity contribution is -0.175. The number of likely N-dealkylation sites (N-methyl/N-ethyl adjacent to an activating group) is 1. The number of amides is 5. The van der Waals surface area contributed by atoms with Gasteiger partial charge in [0.2, 0.25) is 23.3 Å². The molecule has 0 unspecified atom stereocenters. The maximum atomic E-state index is 14.2. The van der Waals surface area contributed by atoms with Gasteiger partial charge in [0.1, 0.15) is 29.6 Å². The molecule has 1 saturated heterocycles. The number of nitrogens with one attached hydrogen (secondary N) is 2. The number of benzene rings is 1. The van der Waals surface area contributed by atoms with E-state index in [9.17, 15) is 45.9 Å². The summed E-state index contributed by atoms with van der Waals surface area (Å²) < 4.78 is 71.8. The van der Waals surface area contributed by atoms with Crippen LogP contribution in [0.15, 0.2) is 12.1 Å². The van der Waals surface area contributed by atoms with Crippen molar-refractivity contribution >= 4 is 35.2 Å². The number of anilines is 1. The zero-order valence-electron chi connectivity index (χ0n) is 21.3. The molecule has 4 rings (SSSR count). The van der Waals surface area contributed by atoms with Gasteiger partial charge in [0.25, 0.3) is 5.91 Å². The normalized spacial score (nSPS) is 23.5. The van der Waals surface area contributed by atoms with Crippen LogP contribution in [0.25, 0.3) is 0 Å². The molecule has 1 aromatic rings. The highest BCUT2D eigenvalue weighted by atomic mass is 19.4. The van der Waals surface area contributed by atoms with Gasteiger partial charge < -0.3 is 30.9 Å². The summed E-state index contributed by atoms with van der Waals surface area (Å²) >= 11 is 0. The largest absolute Gasteiger partial charge is 0.473 e. The van der Waals surface area contributed by atoms with Crippen LogP contribution in [0.1, 0.15) is 32.6 Å². The first-order valence-electron chi connectivity index (χ1n) is 12.3. The lowest BCUT2D eigenvalue weighted by Gasteiger charge is -2.36. The number of hydrogen-bond acceptors (Lipinski definition) is 6. The minimum Gasteiger partial charge on any atom is -0.473 e. The van der Waals surface area contributed by atoms with Gasteiger partial charge in [-0.05, 0) is 19.3 Å². The number of nitrogens with zero attached hydrogens (tertiary/aromatic N) is 2. The molecule has 4 atom stereocenters. The van der Waals surface area contributed by atoms with Gasteiger partial charge in [0.15, 0.2) is 11.6 Å². The van der Waals surface area contributed by atoms with Gasteiger partial charge in [0, 0.05) is 25.6 Å². The summed E-state index contributed by atoms with van der Waals surface area (Å²) in [5, 5.41) is 3.81. The SMILES string of the molecule is C[C@H](NC(=O)C(F)(F)F)C(=O)N(C)[C@@H](CC1CC1)C(=O)N1C[C@@]2(C[C@H]1C(N)=O)Oc1cc(F)cc(F)c1NC2=O. The third-order valence-corrected chi connectivity index (χ3v) is 7.24. The predicted molar refractivity (Wildman–Crippen MR) is 125 cm³/mol. The number of nitrogens with two attached hydrogens (primary N) is 1. The van der Waals surface area contributed by atoms with Gasteiger partial charge in [-0.25, -0.2) is 8.78 Å². The average molecular weight is 575 g/mol. The van der Waals surface area contributed by atoms with Crippen molar-refractivity contribution in [3.63, 3.8) is 0 Å². The second kappa shape index (κ2) is 10.2. The first-order valence-corrected chi connectivity index (χ1v) is 12.3. The molecule has 218 valence electrons. The molecule has 16 heteroatoms. The van der Waals surface area contributed by atoms with Crippen molar-refractivity contribution in [3.8, 4) is 5.75 Å². The quantitative estimate of drug-likeness (QED) is 0.410. The van der Waals surface area contributed by atoms with Crippen molar-refractivity contribution in [2.75, 3.05) is 18.9 Å². The van der Waals surface area contributed by atoms with E-state index in [0.29, 0.717) is 6.07 Å². The molecule has 11 nitrogen and oxygen atoms in total. The van der Waals surface area contributed by atoms with E-state index >= 15 is 0 Å². The number of halogens is 5. The van der Waals surface area contributed by atoms with Gasteiger partial charge in [-0.15, -0.1) is 0 Å². The molecule has 0 bridgehead atoms.